The van der Waals surface area contributed by atoms with Crippen LogP contribution in [0.4, 0.5) is 0 Å². The van der Waals surface area contributed by atoms with Crippen molar-refractivity contribution in [2.75, 3.05) is 19.6 Å². The molecule has 1 saturated heterocycles. The Bertz CT molecular complexity index is 931. The van der Waals surface area contributed by atoms with E-state index in [-0.39, 0.29) is 17.7 Å². The first-order valence-electron chi connectivity index (χ1n) is 8.74. The molecule has 0 bridgehead atoms. The summed E-state index contributed by atoms with van der Waals surface area (Å²) in [5.41, 5.74) is 8.28. The molecule has 8 heteroatoms. The zero-order valence-corrected chi connectivity index (χ0v) is 15.3. The second-order valence-electron chi connectivity index (χ2n) is 6.64. The number of nitrogens with zero attached hydrogens (tertiary/aromatic N) is 5. The van der Waals surface area contributed by atoms with Crippen molar-refractivity contribution in [3.63, 3.8) is 0 Å². The molecule has 2 atom stereocenters. The third-order valence-electron chi connectivity index (χ3n) is 5.04. The summed E-state index contributed by atoms with van der Waals surface area (Å²) in [5.74, 6) is 0.336. The number of carbonyl (C=O) groups excluding carboxylic acids is 1. The van der Waals surface area contributed by atoms with Crippen LogP contribution < -0.4 is 5.73 Å². The van der Waals surface area contributed by atoms with Crippen LogP contribution in [0.15, 0.2) is 54.9 Å². The van der Waals surface area contributed by atoms with Crippen LogP contribution >= 0.6 is 11.6 Å². The quantitative estimate of drug-likeness (QED) is 0.746. The summed E-state index contributed by atoms with van der Waals surface area (Å²) < 4.78 is 1.47. The number of hydrogen-bond donors (Lipinski definition) is 1. The largest absolute Gasteiger partial charge is 0.338 e. The highest BCUT2D eigenvalue weighted by molar-refractivity contribution is 6.31. The van der Waals surface area contributed by atoms with Gasteiger partial charge in [0.1, 0.15) is 6.33 Å². The Balaban J connectivity index is 1.65. The topological polar surface area (TPSA) is 89.9 Å². The number of aromatic nitrogens is 4. The smallest absolute Gasteiger partial charge is 0.256 e. The van der Waals surface area contributed by atoms with Crippen LogP contribution in [0.5, 0.6) is 0 Å². The van der Waals surface area contributed by atoms with Gasteiger partial charge in [0.05, 0.1) is 11.3 Å². The predicted octanol–water partition coefficient (Wildman–Crippen LogP) is 2.13. The van der Waals surface area contributed by atoms with Gasteiger partial charge in [0.2, 0.25) is 0 Å². The van der Waals surface area contributed by atoms with Gasteiger partial charge in [-0.25, -0.2) is 0 Å². The third kappa shape index (κ3) is 3.43. The van der Waals surface area contributed by atoms with Crippen molar-refractivity contribution >= 4 is 17.5 Å². The molecule has 1 amide bonds. The standard InChI is InChI=1S/C19H19ClN6O/c20-15-6-7-18(26-12-22-23-24-26)16(8-15)19(27)25-10-14(9-21)17(11-25)13-4-2-1-3-5-13/h1-8,12,14,17H,9-11,21H2/t14-,17+/m1/s1. The molecule has 1 aromatic heterocycles. The fourth-order valence-electron chi connectivity index (χ4n) is 3.68. The maximum Gasteiger partial charge on any atom is 0.256 e. The number of carbonyl (C=O) groups is 1. The van der Waals surface area contributed by atoms with Crippen LogP contribution in [0.1, 0.15) is 21.8 Å². The van der Waals surface area contributed by atoms with Crippen molar-refractivity contribution in [1.29, 1.82) is 0 Å². The molecule has 3 aromatic rings. The monoisotopic (exact) mass is 382 g/mol. The molecule has 0 radical (unpaired) electrons. The lowest BCUT2D eigenvalue weighted by molar-refractivity contribution is 0.0786. The van der Waals surface area contributed by atoms with E-state index in [0.717, 1.165) is 0 Å². The number of amides is 1. The number of tetrazole rings is 1. The van der Waals surface area contributed by atoms with Crippen molar-refractivity contribution < 1.29 is 4.79 Å². The average Bonchev–Trinajstić information content (AvgIpc) is 3.38. The van der Waals surface area contributed by atoms with E-state index in [2.05, 4.69) is 27.7 Å². The summed E-state index contributed by atoms with van der Waals surface area (Å²) in [6, 6.07) is 15.3. The zero-order valence-electron chi connectivity index (χ0n) is 14.6. The van der Waals surface area contributed by atoms with Gasteiger partial charge in [-0.05, 0) is 46.7 Å². The minimum atomic E-state index is -0.0973. The number of halogens is 1. The van der Waals surface area contributed by atoms with Gasteiger partial charge in [0, 0.05) is 24.0 Å². The number of benzene rings is 2. The van der Waals surface area contributed by atoms with Gasteiger partial charge in [-0.2, -0.15) is 4.68 Å². The molecule has 27 heavy (non-hydrogen) atoms. The lowest BCUT2D eigenvalue weighted by atomic mass is 9.89. The molecule has 0 aliphatic carbocycles. The Morgan fingerprint density at radius 2 is 2.00 bits per heavy atom. The highest BCUT2D eigenvalue weighted by Crippen LogP contribution is 2.33. The minimum absolute atomic E-state index is 0.0973. The number of rotatable bonds is 4. The molecule has 0 saturated carbocycles. The first kappa shape index (κ1) is 17.6. The van der Waals surface area contributed by atoms with Gasteiger partial charge in [0.15, 0.2) is 0 Å². The lowest BCUT2D eigenvalue weighted by Crippen LogP contribution is -2.30. The molecular formula is C19H19ClN6O. The van der Waals surface area contributed by atoms with E-state index >= 15 is 0 Å². The van der Waals surface area contributed by atoms with Crippen LogP contribution in [-0.4, -0.2) is 50.6 Å². The van der Waals surface area contributed by atoms with E-state index in [4.69, 9.17) is 17.3 Å². The van der Waals surface area contributed by atoms with Gasteiger partial charge in [-0.15, -0.1) is 5.10 Å². The van der Waals surface area contributed by atoms with Gasteiger partial charge >= 0.3 is 0 Å². The SMILES string of the molecule is NC[C@@H]1CN(C(=O)c2cc(Cl)ccc2-n2cnnn2)C[C@H]1c1ccccc1. The van der Waals surface area contributed by atoms with Crippen molar-refractivity contribution in [2.24, 2.45) is 11.7 Å². The molecule has 4 rings (SSSR count). The van der Waals surface area contributed by atoms with Crippen molar-refractivity contribution in [3.8, 4) is 5.69 Å². The van der Waals surface area contributed by atoms with E-state index in [1.54, 1.807) is 18.2 Å². The van der Waals surface area contributed by atoms with Gasteiger partial charge in [-0.1, -0.05) is 41.9 Å². The third-order valence-corrected chi connectivity index (χ3v) is 5.28. The summed E-state index contributed by atoms with van der Waals surface area (Å²) in [6.07, 6.45) is 1.46. The van der Waals surface area contributed by atoms with Crippen LogP contribution in [0, 0.1) is 5.92 Å². The van der Waals surface area contributed by atoms with E-state index in [1.165, 1.54) is 16.6 Å². The molecule has 1 fully saturated rings. The summed E-state index contributed by atoms with van der Waals surface area (Å²) in [4.78, 5) is 15.1. The fraction of sp³-hybridized carbons (Fsp3) is 0.263. The molecule has 1 aliphatic rings. The highest BCUT2D eigenvalue weighted by Gasteiger charge is 2.36. The van der Waals surface area contributed by atoms with Crippen molar-refractivity contribution in [3.05, 3.63) is 71.0 Å². The summed E-state index contributed by atoms with van der Waals surface area (Å²) in [5, 5.41) is 11.7. The maximum absolute atomic E-state index is 13.3. The Morgan fingerprint density at radius 3 is 2.70 bits per heavy atom. The van der Waals surface area contributed by atoms with Crippen LogP contribution in [0.25, 0.3) is 5.69 Å². The molecule has 7 nitrogen and oxygen atoms in total. The molecule has 138 valence electrons. The molecule has 2 N–H and O–H groups in total. The molecule has 2 heterocycles. The highest BCUT2D eigenvalue weighted by atomic mass is 35.5. The number of nitrogens with two attached hydrogens (primary N) is 1. The van der Waals surface area contributed by atoms with E-state index < -0.39 is 0 Å². The molecule has 1 aliphatic heterocycles. The Labute approximate surface area is 161 Å². The van der Waals surface area contributed by atoms with Crippen LogP contribution in [0.2, 0.25) is 5.02 Å². The van der Waals surface area contributed by atoms with Crippen LogP contribution in [-0.2, 0) is 0 Å². The minimum Gasteiger partial charge on any atom is -0.338 e. The molecular weight excluding hydrogens is 364 g/mol. The summed E-state index contributed by atoms with van der Waals surface area (Å²) >= 11 is 6.16. The maximum atomic E-state index is 13.3. The summed E-state index contributed by atoms with van der Waals surface area (Å²) in [6.45, 7) is 1.75. The van der Waals surface area contributed by atoms with E-state index in [9.17, 15) is 4.79 Å². The van der Waals surface area contributed by atoms with Crippen molar-refractivity contribution in [2.45, 2.75) is 5.92 Å². The molecule has 2 aromatic carbocycles. The first-order valence-corrected chi connectivity index (χ1v) is 9.12. The van der Waals surface area contributed by atoms with Crippen molar-refractivity contribution in [1.82, 2.24) is 25.1 Å². The van der Waals surface area contributed by atoms with Gasteiger partial charge < -0.3 is 10.6 Å². The average molecular weight is 383 g/mol. The lowest BCUT2D eigenvalue weighted by Gasteiger charge is -2.18. The second-order valence-corrected chi connectivity index (χ2v) is 7.08. The normalized spacial score (nSPS) is 19.4. The Kier molecular flexibility index (Phi) is 4.87. The molecule has 0 unspecified atom stereocenters. The molecule has 0 spiro atoms. The second kappa shape index (κ2) is 7.46. The van der Waals surface area contributed by atoms with Crippen LogP contribution in [0.3, 0.4) is 0 Å². The Morgan fingerprint density at radius 1 is 1.19 bits per heavy atom. The Hall–Kier alpha value is -2.77. The van der Waals surface area contributed by atoms with E-state index in [1.807, 2.05) is 23.1 Å². The fourth-order valence-corrected chi connectivity index (χ4v) is 3.85. The van der Waals surface area contributed by atoms with E-state index in [0.29, 0.717) is 35.9 Å². The first-order chi connectivity index (χ1) is 13.2. The predicted molar refractivity (Wildman–Crippen MR) is 102 cm³/mol. The zero-order chi connectivity index (χ0) is 18.8. The number of likely N-dealkylation sites (tertiary alicyclic amines) is 1. The number of hydrogen-bond acceptors (Lipinski definition) is 5. The van der Waals surface area contributed by atoms with Gasteiger partial charge in [-0.3, -0.25) is 4.79 Å². The van der Waals surface area contributed by atoms with Gasteiger partial charge in [0.25, 0.3) is 5.91 Å². The summed E-state index contributed by atoms with van der Waals surface area (Å²) in [7, 11) is 0.